The number of rotatable bonds is 3. The van der Waals surface area contributed by atoms with Gasteiger partial charge in [-0.15, -0.1) is 5.11 Å². The van der Waals surface area contributed by atoms with Crippen LogP contribution in [-0.2, 0) is 9.53 Å². The third-order valence-electron chi connectivity index (χ3n) is 3.72. The summed E-state index contributed by atoms with van der Waals surface area (Å²) in [6, 6.07) is 11.4. The fraction of sp³-hybridized carbons (Fsp3) is 0.158. The number of carboxylic acids is 1. The number of amides is 4. The molecule has 0 spiro atoms. The molecule has 1 saturated heterocycles. The monoisotopic (exact) mass is 414 g/mol. The standard InChI is InChI=1S/C13H10N2O3.C6H8N2O4/c16-10-7-5-9(6-8-10)14-15-12-4-2-1-3-11(12)13(17)18;1-6(2)3(9)8(4(7)10)5(11)12-6/h1-8,16H,(H,17,18);1-2H3,(H2,7,10)/b15-14+;. The summed E-state index contributed by atoms with van der Waals surface area (Å²) < 4.78 is 4.57. The molecule has 1 aliphatic rings. The van der Waals surface area contributed by atoms with E-state index in [1.54, 1.807) is 30.3 Å². The first-order valence-corrected chi connectivity index (χ1v) is 8.43. The van der Waals surface area contributed by atoms with Crippen molar-refractivity contribution < 1.29 is 34.1 Å². The Hall–Kier alpha value is -4.28. The van der Waals surface area contributed by atoms with Crippen LogP contribution in [-0.4, -0.2) is 44.7 Å². The highest BCUT2D eigenvalue weighted by atomic mass is 16.6. The molecule has 3 rings (SSSR count). The van der Waals surface area contributed by atoms with Gasteiger partial charge in [0, 0.05) is 0 Å². The van der Waals surface area contributed by atoms with Gasteiger partial charge in [-0.1, -0.05) is 12.1 Å². The van der Waals surface area contributed by atoms with E-state index in [1.165, 1.54) is 32.0 Å². The number of azo groups is 1. The summed E-state index contributed by atoms with van der Waals surface area (Å²) in [6.07, 6.45) is -1.02. The van der Waals surface area contributed by atoms with Crippen LogP contribution in [0.5, 0.6) is 5.75 Å². The average molecular weight is 414 g/mol. The van der Waals surface area contributed by atoms with Gasteiger partial charge in [0.25, 0.3) is 5.91 Å². The molecule has 156 valence electrons. The molecule has 1 aliphatic heterocycles. The van der Waals surface area contributed by atoms with Gasteiger partial charge in [0.15, 0.2) is 5.60 Å². The van der Waals surface area contributed by atoms with E-state index in [1.807, 2.05) is 0 Å². The molecular formula is C19H18N4O7. The molecule has 0 aliphatic carbocycles. The van der Waals surface area contributed by atoms with Crippen LogP contribution in [0.25, 0.3) is 0 Å². The van der Waals surface area contributed by atoms with Crippen LogP contribution < -0.4 is 5.73 Å². The number of hydrogen-bond donors (Lipinski definition) is 3. The Morgan fingerprint density at radius 3 is 2.10 bits per heavy atom. The number of aromatic hydroxyl groups is 1. The first-order chi connectivity index (χ1) is 14.0. The van der Waals surface area contributed by atoms with Crippen LogP contribution in [0.15, 0.2) is 58.8 Å². The normalized spacial score (nSPS) is 14.8. The number of cyclic esters (lactones) is 1. The molecule has 1 heterocycles. The molecular weight excluding hydrogens is 396 g/mol. The Morgan fingerprint density at radius 1 is 1.03 bits per heavy atom. The third-order valence-corrected chi connectivity index (χ3v) is 3.72. The van der Waals surface area contributed by atoms with Crippen molar-refractivity contribution in [1.29, 1.82) is 0 Å². The van der Waals surface area contributed by atoms with Crippen molar-refractivity contribution in [3.8, 4) is 5.75 Å². The lowest BCUT2D eigenvalue weighted by Crippen LogP contribution is -2.43. The average Bonchev–Trinajstić information content (AvgIpc) is 2.88. The molecule has 0 atom stereocenters. The molecule has 0 bridgehead atoms. The number of benzene rings is 2. The van der Waals surface area contributed by atoms with Crippen LogP contribution in [0.1, 0.15) is 24.2 Å². The second-order valence-corrected chi connectivity index (χ2v) is 6.40. The molecule has 11 heteroatoms. The number of nitrogens with two attached hydrogens (primary N) is 1. The fourth-order valence-corrected chi connectivity index (χ4v) is 2.22. The van der Waals surface area contributed by atoms with Crippen LogP contribution in [0.3, 0.4) is 0 Å². The van der Waals surface area contributed by atoms with E-state index in [4.69, 9.17) is 15.9 Å². The van der Waals surface area contributed by atoms with Gasteiger partial charge < -0.3 is 20.7 Å². The van der Waals surface area contributed by atoms with Crippen molar-refractivity contribution in [2.24, 2.45) is 16.0 Å². The highest BCUT2D eigenvalue weighted by Gasteiger charge is 2.49. The quantitative estimate of drug-likeness (QED) is 0.646. The van der Waals surface area contributed by atoms with E-state index < -0.39 is 29.6 Å². The zero-order valence-corrected chi connectivity index (χ0v) is 16.0. The van der Waals surface area contributed by atoms with Crippen molar-refractivity contribution in [2.45, 2.75) is 19.4 Å². The largest absolute Gasteiger partial charge is 0.508 e. The maximum absolute atomic E-state index is 11.2. The maximum Gasteiger partial charge on any atom is 0.426 e. The second kappa shape index (κ2) is 8.82. The number of carboxylic acid groups (broad SMARTS) is 1. The van der Waals surface area contributed by atoms with Crippen molar-refractivity contribution in [1.82, 2.24) is 4.90 Å². The van der Waals surface area contributed by atoms with E-state index in [0.29, 0.717) is 5.69 Å². The smallest absolute Gasteiger partial charge is 0.426 e. The first-order valence-electron chi connectivity index (χ1n) is 8.43. The first kappa shape index (κ1) is 22.0. The van der Waals surface area contributed by atoms with Crippen molar-refractivity contribution in [3.05, 3.63) is 54.1 Å². The highest BCUT2D eigenvalue weighted by Crippen LogP contribution is 2.24. The molecule has 4 amide bonds. The minimum absolute atomic E-state index is 0.0972. The zero-order valence-electron chi connectivity index (χ0n) is 16.0. The number of carbonyl (C=O) groups excluding carboxylic acids is 3. The Kier molecular flexibility index (Phi) is 6.47. The topological polar surface area (TPSA) is 172 Å². The number of urea groups is 1. The predicted octanol–water partition coefficient (Wildman–Crippen LogP) is 3.33. The number of phenols is 1. The summed E-state index contributed by atoms with van der Waals surface area (Å²) in [5, 5.41) is 25.9. The van der Waals surface area contributed by atoms with Gasteiger partial charge in [0.05, 0.1) is 11.3 Å². The zero-order chi connectivity index (χ0) is 22.5. The number of nitrogens with zero attached hydrogens (tertiary/aromatic N) is 3. The minimum Gasteiger partial charge on any atom is -0.508 e. The molecule has 0 unspecified atom stereocenters. The van der Waals surface area contributed by atoms with Crippen LogP contribution in [0, 0.1) is 0 Å². The molecule has 2 aromatic rings. The Bertz CT molecular complexity index is 1020. The van der Waals surface area contributed by atoms with Gasteiger partial charge in [-0.2, -0.15) is 10.0 Å². The SMILES string of the molecule is CC1(C)OC(=O)N(C(N)=O)C1=O.O=C(O)c1ccccc1/N=N/c1ccc(O)cc1. The molecule has 0 aromatic heterocycles. The van der Waals surface area contributed by atoms with Gasteiger partial charge in [0.2, 0.25) is 0 Å². The van der Waals surface area contributed by atoms with Crippen LogP contribution in [0.2, 0.25) is 0 Å². The second-order valence-electron chi connectivity index (χ2n) is 6.40. The summed E-state index contributed by atoms with van der Waals surface area (Å²) in [6.45, 7) is 2.77. The van der Waals surface area contributed by atoms with Crippen molar-refractivity contribution in [3.63, 3.8) is 0 Å². The lowest BCUT2D eigenvalue weighted by molar-refractivity contribution is -0.132. The number of ether oxygens (including phenoxy) is 1. The van der Waals surface area contributed by atoms with Gasteiger partial charge in [-0.25, -0.2) is 14.4 Å². The summed E-state index contributed by atoms with van der Waals surface area (Å²) in [7, 11) is 0. The van der Waals surface area contributed by atoms with Gasteiger partial charge in [-0.05, 0) is 50.2 Å². The van der Waals surface area contributed by atoms with Crippen LogP contribution in [0.4, 0.5) is 21.0 Å². The van der Waals surface area contributed by atoms with E-state index in [9.17, 15) is 19.2 Å². The number of carbonyl (C=O) groups is 4. The van der Waals surface area contributed by atoms with E-state index in [-0.39, 0.29) is 21.9 Å². The summed E-state index contributed by atoms with van der Waals surface area (Å²) in [4.78, 5) is 43.7. The van der Waals surface area contributed by atoms with E-state index in [2.05, 4.69) is 15.0 Å². The number of hydrogen-bond acceptors (Lipinski definition) is 8. The summed E-state index contributed by atoms with van der Waals surface area (Å²) >= 11 is 0. The number of primary amides is 1. The fourth-order valence-electron chi connectivity index (χ4n) is 2.22. The third kappa shape index (κ3) is 5.16. The lowest BCUT2D eigenvalue weighted by atomic mass is 10.1. The molecule has 0 saturated carbocycles. The maximum atomic E-state index is 11.2. The molecule has 4 N–H and O–H groups in total. The Balaban J connectivity index is 0.000000232. The number of aromatic carboxylic acids is 1. The van der Waals surface area contributed by atoms with Crippen molar-refractivity contribution >= 4 is 35.4 Å². The molecule has 2 aromatic carbocycles. The van der Waals surface area contributed by atoms with Gasteiger partial charge in [0.1, 0.15) is 11.4 Å². The Labute approximate surface area is 170 Å². The molecule has 0 radical (unpaired) electrons. The minimum atomic E-state index is -1.29. The van der Waals surface area contributed by atoms with Gasteiger partial charge >= 0.3 is 18.1 Å². The van der Waals surface area contributed by atoms with Crippen LogP contribution >= 0.6 is 0 Å². The van der Waals surface area contributed by atoms with Crippen molar-refractivity contribution in [2.75, 3.05) is 0 Å². The summed E-state index contributed by atoms with van der Waals surface area (Å²) in [5.74, 6) is -1.64. The predicted molar refractivity (Wildman–Crippen MR) is 103 cm³/mol. The molecule has 11 nitrogen and oxygen atoms in total. The molecule has 30 heavy (non-hydrogen) atoms. The highest BCUT2D eigenvalue weighted by molar-refractivity contribution is 6.14. The van der Waals surface area contributed by atoms with E-state index in [0.717, 1.165) is 0 Å². The van der Waals surface area contributed by atoms with Gasteiger partial charge in [-0.3, -0.25) is 4.79 Å². The summed E-state index contributed by atoms with van der Waals surface area (Å²) in [5.41, 5.74) is 4.40. The lowest BCUT2D eigenvalue weighted by Gasteiger charge is -2.10. The Morgan fingerprint density at radius 2 is 1.63 bits per heavy atom. The number of imide groups is 3. The number of phenolic OH excluding ortho intramolecular Hbond substituents is 1. The molecule has 1 fully saturated rings. The van der Waals surface area contributed by atoms with E-state index >= 15 is 0 Å².